The van der Waals surface area contributed by atoms with Gasteiger partial charge >= 0.3 is 0 Å². The minimum Gasteiger partial charge on any atom is -0.370 e. The number of hydrogen-bond acceptors (Lipinski definition) is 2. The molecule has 0 amide bonds. The number of aliphatic imine (C=N–C) groups is 1. The molecule has 0 aromatic rings. The number of nitrogens with two attached hydrogens (primary N) is 1. The maximum atomic E-state index is 5.61. The Morgan fingerprint density at radius 1 is 1.64 bits per heavy atom. The maximum Gasteiger partial charge on any atom is 0.188 e. The molecule has 0 spiro atoms. The van der Waals surface area contributed by atoms with Crippen molar-refractivity contribution in [1.82, 2.24) is 5.32 Å². The van der Waals surface area contributed by atoms with Crippen LogP contribution in [0.25, 0.3) is 0 Å². The summed E-state index contributed by atoms with van der Waals surface area (Å²) >= 11 is 1.81. The van der Waals surface area contributed by atoms with Gasteiger partial charge in [-0.25, -0.2) is 4.99 Å². The predicted molar refractivity (Wildman–Crippen MR) is 66.8 cm³/mol. The van der Waals surface area contributed by atoms with Gasteiger partial charge in [0.2, 0.25) is 0 Å². The lowest BCUT2D eigenvalue weighted by atomic mass is 10.4. The molecule has 80 valence electrons. The Labute approximate surface area is 90.6 Å². The van der Waals surface area contributed by atoms with E-state index in [1.54, 1.807) is 0 Å². The maximum absolute atomic E-state index is 5.61. The van der Waals surface area contributed by atoms with E-state index in [9.17, 15) is 0 Å². The van der Waals surface area contributed by atoms with E-state index in [0.29, 0.717) is 12.5 Å². The summed E-state index contributed by atoms with van der Waals surface area (Å²) in [6, 6.07) is 0. The Hall–Kier alpha value is -0.900. The van der Waals surface area contributed by atoms with Crippen molar-refractivity contribution < 1.29 is 0 Å². The second-order valence-electron chi connectivity index (χ2n) is 2.95. The van der Waals surface area contributed by atoms with Crippen LogP contribution in [0.15, 0.2) is 29.8 Å². The number of guanidine groups is 1. The summed E-state index contributed by atoms with van der Waals surface area (Å²) < 4.78 is 0. The van der Waals surface area contributed by atoms with E-state index in [4.69, 9.17) is 5.73 Å². The molecule has 0 aliphatic rings. The van der Waals surface area contributed by atoms with Gasteiger partial charge in [0.25, 0.3) is 0 Å². The van der Waals surface area contributed by atoms with Crippen LogP contribution in [0.5, 0.6) is 0 Å². The molecule has 0 bridgehead atoms. The van der Waals surface area contributed by atoms with Crippen molar-refractivity contribution in [1.29, 1.82) is 0 Å². The zero-order chi connectivity index (χ0) is 10.8. The first-order valence-electron chi connectivity index (χ1n) is 4.53. The minimum atomic E-state index is 0.493. The molecule has 0 rings (SSSR count). The lowest BCUT2D eigenvalue weighted by molar-refractivity contribution is 0.947. The topological polar surface area (TPSA) is 50.4 Å². The average molecular weight is 213 g/mol. The molecule has 0 aliphatic carbocycles. The van der Waals surface area contributed by atoms with Crippen molar-refractivity contribution in [3.63, 3.8) is 0 Å². The van der Waals surface area contributed by atoms with Crippen LogP contribution in [0.1, 0.15) is 6.92 Å². The first-order valence-corrected chi connectivity index (χ1v) is 5.69. The second-order valence-corrected chi connectivity index (χ2v) is 4.10. The van der Waals surface area contributed by atoms with Crippen LogP contribution >= 0.6 is 11.8 Å². The zero-order valence-corrected chi connectivity index (χ0v) is 9.57. The molecule has 0 aromatic heterocycles. The molecule has 4 heteroatoms. The Morgan fingerprint density at radius 2 is 2.36 bits per heavy atom. The molecule has 0 fully saturated rings. The zero-order valence-electron chi connectivity index (χ0n) is 8.75. The standard InChI is InChI=1S/C10H19N3S/c1-4-6-14-7-5-12-10(11)13-8-9(2)3/h4H,1-2,5-8H2,3H3,(H3,11,12,13). The highest BCUT2D eigenvalue weighted by atomic mass is 32.2. The Morgan fingerprint density at radius 3 is 2.93 bits per heavy atom. The van der Waals surface area contributed by atoms with Gasteiger partial charge in [-0.1, -0.05) is 18.2 Å². The predicted octanol–water partition coefficient (Wildman–Crippen LogP) is 1.39. The molecule has 0 aromatic carbocycles. The normalized spacial score (nSPS) is 11.1. The third-order valence-corrected chi connectivity index (χ3v) is 2.27. The molecule has 0 saturated carbocycles. The van der Waals surface area contributed by atoms with E-state index in [0.717, 1.165) is 23.6 Å². The summed E-state index contributed by atoms with van der Waals surface area (Å²) in [6.45, 7) is 10.7. The monoisotopic (exact) mass is 213 g/mol. The Balaban J connectivity index is 3.42. The van der Waals surface area contributed by atoms with E-state index >= 15 is 0 Å². The number of thioether (sulfide) groups is 1. The van der Waals surface area contributed by atoms with Crippen LogP contribution in [-0.2, 0) is 0 Å². The van der Waals surface area contributed by atoms with Gasteiger partial charge < -0.3 is 11.1 Å². The molecule has 3 N–H and O–H groups in total. The number of hydrogen-bond donors (Lipinski definition) is 2. The van der Waals surface area contributed by atoms with Gasteiger partial charge in [0, 0.05) is 18.1 Å². The van der Waals surface area contributed by atoms with Crippen LogP contribution in [-0.4, -0.2) is 30.6 Å². The van der Waals surface area contributed by atoms with E-state index < -0.39 is 0 Å². The van der Waals surface area contributed by atoms with Gasteiger partial charge in [-0.3, -0.25) is 0 Å². The van der Waals surface area contributed by atoms with Crippen LogP contribution in [0.3, 0.4) is 0 Å². The highest BCUT2D eigenvalue weighted by molar-refractivity contribution is 7.99. The molecule has 0 heterocycles. The second kappa shape index (κ2) is 8.69. The summed E-state index contributed by atoms with van der Waals surface area (Å²) in [7, 11) is 0. The Bertz CT molecular complexity index is 211. The van der Waals surface area contributed by atoms with Crippen LogP contribution in [0.2, 0.25) is 0 Å². The SMILES string of the molecule is C=CCSCCNC(N)=NCC(=C)C. The van der Waals surface area contributed by atoms with Gasteiger partial charge in [0.05, 0.1) is 6.54 Å². The third kappa shape index (κ3) is 9.19. The van der Waals surface area contributed by atoms with Crippen molar-refractivity contribution in [2.24, 2.45) is 10.7 Å². The molecule has 3 nitrogen and oxygen atoms in total. The lowest BCUT2D eigenvalue weighted by Gasteiger charge is -2.04. The summed E-state index contributed by atoms with van der Waals surface area (Å²) in [4.78, 5) is 4.10. The minimum absolute atomic E-state index is 0.493. The fourth-order valence-electron chi connectivity index (χ4n) is 0.694. The summed E-state index contributed by atoms with van der Waals surface area (Å²) in [6.07, 6.45) is 1.89. The van der Waals surface area contributed by atoms with Crippen molar-refractivity contribution >= 4 is 17.7 Å². The van der Waals surface area contributed by atoms with E-state index in [-0.39, 0.29) is 0 Å². The number of nitrogens with zero attached hydrogens (tertiary/aromatic N) is 1. The highest BCUT2D eigenvalue weighted by Crippen LogP contribution is 1.96. The molecular weight excluding hydrogens is 194 g/mol. The Kier molecular flexibility index (Phi) is 8.13. The summed E-state index contributed by atoms with van der Waals surface area (Å²) in [5, 5.41) is 3.03. The third-order valence-electron chi connectivity index (χ3n) is 1.31. The van der Waals surface area contributed by atoms with E-state index in [1.807, 2.05) is 24.8 Å². The van der Waals surface area contributed by atoms with Crippen molar-refractivity contribution in [3.8, 4) is 0 Å². The number of nitrogens with one attached hydrogen (secondary N) is 1. The van der Waals surface area contributed by atoms with Gasteiger partial charge in [0.1, 0.15) is 0 Å². The quantitative estimate of drug-likeness (QED) is 0.291. The molecular formula is C10H19N3S. The van der Waals surface area contributed by atoms with Crippen LogP contribution in [0, 0.1) is 0 Å². The first kappa shape index (κ1) is 13.1. The van der Waals surface area contributed by atoms with Gasteiger partial charge in [-0.2, -0.15) is 11.8 Å². The smallest absolute Gasteiger partial charge is 0.188 e. The van der Waals surface area contributed by atoms with E-state index in [2.05, 4.69) is 23.5 Å². The van der Waals surface area contributed by atoms with Gasteiger partial charge in [-0.05, 0) is 6.92 Å². The molecule has 0 radical (unpaired) electrons. The number of rotatable bonds is 7. The molecule has 0 atom stereocenters. The fourth-order valence-corrected chi connectivity index (χ4v) is 1.27. The average Bonchev–Trinajstić information content (AvgIpc) is 2.14. The summed E-state index contributed by atoms with van der Waals surface area (Å²) in [5.41, 5.74) is 6.62. The lowest BCUT2D eigenvalue weighted by Crippen LogP contribution is -2.33. The van der Waals surface area contributed by atoms with Crippen molar-refractivity contribution in [2.75, 3.05) is 24.6 Å². The largest absolute Gasteiger partial charge is 0.370 e. The van der Waals surface area contributed by atoms with Crippen molar-refractivity contribution in [3.05, 3.63) is 24.8 Å². The molecule has 0 saturated heterocycles. The summed E-state index contributed by atoms with van der Waals surface area (Å²) in [5.74, 6) is 2.48. The van der Waals surface area contributed by atoms with Crippen LogP contribution in [0.4, 0.5) is 0 Å². The molecule has 14 heavy (non-hydrogen) atoms. The van der Waals surface area contributed by atoms with Crippen LogP contribution < -0.4 is 11.1 Å². The molecule has 0 aliphatic heterocycles. The fraction of sp³-hybridized carbons (Fsp3) is 0.500. The van der Waals surface area contributed by atoms with E-state index in [1.165, 1.54) is 0 Å². The molecule has 0 unspecified atom stereocenters. The highest BCUT2D eigenvalue weighted by Gasteiger charge is 1.90. The van der Waals surface area contributed by atoms with Gasteiger partial charge in [0.15, 0.2) is 5.96 Å². The first-order chi connectivity index (χ1) is 6.66. The van der Waals surface area contributed by atoms with Crippen molar-refractivity contribution in [2.45, 2.75) is 6.92 Å². The van der Waals surface area contributed by atoms with Gasteiger partial charge in [-0.15, -0.1) is 6.58 Å².